The van der Waals surface area contributed by atoms with E-state index in [9.17, 15) is 9.59 Å². The number of rotatable bonds is 2. The van der Waals surface area contributed by atoms with Crippen molar-refractivity contribution in [3.05, 3.63) is 0 Å². The lowest BCUT2D eigenvalue weighted by Crippen LogP contribution is -2.40. The maximum Gasteiger partial charge on any atom is 0.410 e. The van der Waals surface area contributed by atoms with Gasteiger partial charge in [-0.15, -0.1) is 0 Å². The van der Waals surface area contributed by atoms with E-state index in [1.54, 1.807) is 20.8 Å². The number of carbonyl (C=O) groups is 2. The van der Waals surface area contributed by atoms with Crippen LogP contribution in [0.15, 0.2) is 0 Å². The minimum Gasteiger partial charge on any atom is -0.444 e. The third-order valence-electron chi connectivity index (χ3n) is 2.47. The Morgan fingerprint density at radius 2 is 2.19 bits per heavy atom. The summed E-state index contributed by atoms with van der Waals surface area (Å²) in [5, 5.41) is 9.02. The normalized spacial score (nSPS) is 25.6. The van der Waals surface area contributed by atoms with Crippen LogP contribution < -0.4 is 0 Å². The molecule has 1 heterocycles. The summed E-state index contributed by atoms with van der Waals surface area (Å²) in [6.07, 6.45) is 0.763. The van der Waals surface area contributed by atoms with Gasteiger partial charge in [0.1, 0.15) is 11.9 Å². The Kier molecular flexibility index (Phi) is 3.91. The van der Waals surface area contributed by atoms with E-state index in [1.165, 1.54) is 4.90 Å². The number of hydrogen-bond acceptors (Lipinski definition) is 4. The molecule has 0 aromatic carbocycles. The standard InChI is InChI=1S/C11H19NO4/c1-11(2,3)16-10(15)12-5-8(6-13)4-9(12)7-14/h7-9,13H,4-6H2,1-3H3/t8?,9-/m0/s1. The van der Waals surface area contributed by atoms with Crippen molar-refractivity contribution in [3.63, 3.8) is 0 Å². The first-order valence-electron chi connectivity index (χ1n) is 5.43. The summed E-state index contributed by atoms with van der Waals surface area (Å²) >= 11 is 0. The molecule has 2 atom stereocenters. The lowest BCUT2D eigenvalue weighted by molar-refractivity contribution is -0.111. The first-order valence-corrected chi connectivity index (χ1v) is 5.43. The number of aliphatic hydroxyl groups is 1. The Balaban J connectivity index is 2.64. The molecule has 1 fully saturated rings. The molecule has 5 nitrogen and oxygen atoms in total. The fourth-order valence-corrected chi connectivity index (χ4v) is 1.75. The van der Waals surface area contributed by atoms with Gasteiger partial charge in [0.05, 0.1) is 6.04 Å². The Morgan fingerprint density at radius 3 is 2.62 bits per heavy atom. The molecule has 0 aromatic heterocycles. The van der Waals surface area contributed by atoms with Gasteiger partial charge in [0.2, 0.25) is 0 Å². The van der Waals surface area contributed by atoms with Crippen LogP contribution in [0.4, 0.5) is 4.79 Å². The van der Waals surface area contributed by atoms with E-state index >= 15 is 0 Å². The number of aldehydes is 1. The van der Waals surface area contributed by atoms with Crippen LogP contribution in [0.2, 0.25) is 0 Å². The van der Waals surface area contributed by atoms with Crippen LogP contribution in [-0.4, -0.2) is 47.2 Å². The van der Waals surface area contributed by atoms with Gasteiger partial charge in [0.25, 0.3) is 0 Å². The molecule has 0 saturated carbocycles. The molecule has 0 aliphatic carbocycles. The summed E-state index contributed by atoms with van der Waals surface area (Å²) in [6.45, 7) is 5.71. The zero-order valence-corrected chi connectivity index (χ0v) is 9.97. The van der Waals surface area contributed by atoms with Crippen LogP contribution in [0, 0.1) is 5.92 Å². The monoisotopic (exact) mass is 229 g/mol. The van der Waals surface area contributed by atoms with E-state index in [0.717, 1.165) is 6.29 Å². The van der Waals surface area contributed by atoms with E-state index in [0.29, 0.717) is 13.0 Å². The number of ether oxygens (including phenoxy) is 1. The summed E-state index contributed by atoms with van der Waals surface area (Å²) in [6, 6.07) is -0.466. The van der Waals surface area contributed by atoms with E-state index in [2.05, 4.69) is 0 Å². The van der Waals surface area contributed by atoms with Gasteiger partial charge >= 0.3 is 6.09 Å². The largest absolute Gasteiger partial charge is 0.444 e. The van der Waals surface area contributed by atoms with E-state index < -0.39 is 17.7 Å². The number of likely N-dealkylation sites (tertiary alicyclic amines) is 1. The molecular weight excluding hydrogens is 210 g/mol. The van der Waals surface area contributed by atoms with Crippen molar-refractivity contribution < 1.29 is 19.4 Å². The number of hydrogen-bond donors (Lipinski definition) is 1. The van der Waals surface area contributed by atoms with Crippen LogP contribution in [-0.2, 0) is 9.53 Å². The summed E-state index contributed by atoms with van der Waals surface area (Å²) in [7, 11) is 0. The minimum absolute atomic E-state index is 0.0103. The van der Waals surface area contributed by atoms with Gasteiger partial charge in [0.15, 0.2) is 0 Å². The van der Waals surface area contributed by atoms with Gasteiger partial charge in [-0.3, -0.25) is 4.90 Å². The van der Waals surface area contributed by atoms with Crippen molar-refractivity contribution in [1.82, 2.24) is 4.90 Å². The molecule has 92 valence electrons. The lowest BCUT2D eigenvalue weighted by atomic mass is 10.1. The molecular formula is C11H19NO4. The van der Waals surface area contributed by atoms with Gasteiger partial charge in [-0.1, -0.05) is 0 Å². The molecule has 0 bridgehead atoms. The summed E-state index contributed by atoms with van der Waals surface area (Å²) in [4.78, 5) is 24.0. The van der Waals surface area contributed by atoms with E-state index in [4.69, 9.17) is 9.84 Å². The molecule has 1 unspecified atom stereocenters. The molecule has 0 spiro atoms. The highest BCUT2D eigenvalue weighted by Crippen LogP contribution is 2.23. The highest BCUT2D eigenvalue weighted by atomic mass is 16.6. The molecule has 1 amide bonds. The Hall–Kier alpha value is -1.10. The highest BCUT2D eigenvalue weighted by molar-refractivity contribution is 5.74. The first kappa shape index (κ1) is 13.0. The predicted molar refractivity (Wildman–Crippen MR) is 58.0 cm³/mol. The third-order valence-corrected chi connectivity index (χ3v) is 2.47. The number of aliphatic hydroxyl groups excluding tert-OH is 1. The van der Waals surface area contributed by atoms with Crippen molar-refractivity contribution in [2.24, 2.45) is 5.92 Å². The Bertz CT molecular complexity index is 272. The zero-order valence-electron chi connectivity index (χ0n) is 9.97. The maximum atomic E-state index is 11.8. The lowest BCUT2D eigenvalue weighted by Gasteiger charge is -2.26. The predicted octanol–water partition coefficient (Wildman–Crippen LogP) is 0.803. The van der Waals surface area contributed by atoms with Crippen LogP contribution in [0.1, 0.15) is 27.2 Å². The van der Waals surface area contributed by atoms with Crippen LogP contribution in [0.5, 0.6) is 0 Å². The number of amides is 1. The second-order valence-electron chi connectivity index (χ2n) is 5.12. The van der Waals surface area contributed by atoms with Gasteiger partial charge in [-0.2, -0.15) is 0 Å². The Labute approximate surface area is 95.4 Å². The molecule has 1 aliphatic heterocycles. The Morgan fingerprint density at radius 1 is 1.56 bits per heavy atom. The molecule has 16 heavy (non-hydrogen) atoms. The summed E-state index contributed by atoms with van der Waals surface area (Å²) in [5.74, 6) is -0.0253. The second-order valence-corrected chi connectivity index (χ2v) is 5.12. The molecule has 0 aromatic rings. The van der Waals surface area contributed by atoms with Crippen LogP contribution in [0.3, 0.4) is 0 Å². The second kappa shape index (κ2) is 4.82. The molecule has 1 aliphatic rings. The van der Waals surface area contributed by atoms with Crippen molar-refractivity contribution in [1.29, 1.82) is 0 Å². The van der Waals surface area contributed by atoms with Crippen LogP contribution >= 0.6 is 0 Å². The van der Waals surface area contributed by atoms with E-state index in [-0.39, 0.29) is 12.5 Å². The van der Waals surface area contributed by atoms with Gasteiger partial charge in [-0.25, -0.2) is 4.79 Å². The topological polar surface area (TPSA) is 66.8 Å². The molecule has 1 saturated heterocycles. The molecule has 5 heteroatoms. The fourth-order valence-electron chi connectivity index (χ4n) is 1.75. The van der Waals surface area contributed by atoms with Gasteiger partial charge < -0.3 is 14.6 Å². The summed E-state index contributed by atoms with van der Waals surface area (Å²) in [5.41, 5.74) is -0.568. The molecule has 0 radical (unpaired) electrons. The molecule has 1 rings (SSSR count). The van der Waals surface area contributed by atoms with Gasteiger partial charge in [-0.05, 0) is 27.2 Å². The SMILES string of the molecule is CC(C)(C)OC(=O)N1CC(CO)C[C@H]1C=O. The fraction of sp³-hybridized carbons (Fsp3) is 0.818. The van der Waals surface area contributed by atoms with Crippen molar-refractivity contribution in [3.8, 4) is 0 Å². The number of carbonyl (C=O) groups excluding carboxylic acids is 2. The van der Waals surface area contributed by atoms with E-state index in [1.807, 2.05) is 0 Å². The average molecular weight is 229 g/mol. The average Bonchev–Trinajstić information content (AvgIpc) is 2.58. The first-order chi connectivity index (χ1) is 7.37. The summed E-state index contributed by atoms with van der Waals surface area (Å²) < 4.78 is 5.19. The van der Waals surface area contributed by atoms with Gasteiger partial charge in [0, 0.05) is 19.1 Å². The van der Waals surface area contributed by atoms with Crippen molar-refractivity contribution in [2.45, 2.75) is 38.8 Å². The maximum absolute atomic E-state index is 11.8. The van der Waals surface area contributed by atoms with Crippen LogP contribution in [0.25, 0.3) is 0 Å². The van der Waals surface area contributed by atoms with Crippen molar-refractivity contribution in [2.75, 3.05) is 13.2 Å². The zero-order chi connectivity index (χ0) is 12.3. The minimum atomic E-state index is -0.568. The molecule has 1 N–H and O–H groups in total. The smallest absolute Gasteiger partial charge is 0.410 e. The third kappa shape index (κ3) is 3.20. The quantitative estimate of drug-likeness (QED) is 0.711. The van der Waals surface area contributed by atoms with Crippen molar-refractivity contribution >= 4 is 12.4 Å². The number of nitrogens with zero attached hydrogens (tertiary/aromatic N) is 1. The highest BCUT2D eigenvalue weighted by Gasteiger charge is 2.36.